The van der Waals surface area contributed by atoms with Crippen LogP contribution in [0.15, 0.2) is 24.3 Å². The van der Waals surface area contributed by atoms with E-state index in [4.69, 9.17) is 10.00 Å². The molecule has 0 heterocycles. The van der Waals surface area contributed by atoms with Crippen LogP contribution in [0.4, 0.5) is 0 Å². The van der Waals surface area contributed by atoms with E-state index in [1.54, 1.807) is 7.11 Å². The summed E-state index contributed by atoms with van der Waals surface area (Å²) in [4.78, 5) is 0. The Morgan fingerprint density at radius 2 is 2.18 bits per heavy atom. The summed E-state index contributed by atoms with van der Waals surface area (Å²) in [7, 11) is 1.72. The molecule has 0 aliphatic rings. The summed E-state index contributed by atoms with van der Waals surface area (Å²) in [6.07, 6.45) is 0. The number of nitriles is 1. The van der Waals surface area contributed by atoms with Gasteiger partial charge >= 0.3 is 0 Å². The van der Waals surface area contributed by atoms with E-state index in [1.165, 1.54) is 0 Å². The van der Waals surface area contributed by atoms with E-state index in [0.717, 1.165) is 12.1 Å². The van der Waals surface area contributed by atoms with Gasteiger partial charge < -0.3 is 10.1 Å². The van der Waals surface area contributed by atoms with Crippen LogP contribution in [0.5, 0.6) is 0 Å². The molecular formula is C14H20N2O. The van der Waals surface area contributed by atoms with Gasteiger partial charge in [-0.25, -0.2) is 0 Å². The quantitative estimate of drug-likeness (QED) is 0.818. The molecule has 0 radical (unpaired) electrons. The average molecular weight is 232 g/mol. The Bertz CT molecular complexity index is 382. The van der Waals surface area contributed by atoms with Crippen molar-refractivity contribution in [3.63, 3.8) is 0 Å². The standard InChI is InChI=1S/C14H20N2O/c1-11(2)14(10-17-3)16-9-13-6-4-5-12(7-13)8-15/h4-7,11,14,16H,9-10H2,1-3H3. The van der Waals surface area contributed by atoms with E-state index in [2.05, 4.69) is 25.2 Å². The fraction of sp³-hybridized carbons (Fsp3) is 0.500. The molecule has 1 aromatic rings. The Morgan fingerprint density at radius 3 is 2.76 bits per heavy atom. The third-order valence-electron chi connectivity index (χ3n) is 2.78. The zero-order chi connectivity index (χ0) is 12.7. The number of nitrogens with zero attached hydrogens (tertiary/aromatic N) is 1. The first-order valence-electron chi connectivity index (χ1n) is 5.88. The van der Waals surface area contributed by atoms with Gasteiger partial charge in [-0.1, -0.05) is 26.0 Å². The molecule has 92 valence electrons. The normalized spacial score (nSPS) is 12.4. The molecule has 1 atom stereocenters. The van der Waals surface area contributed by atoms with Crippen LogP contribution in [0.2, 0.25) is 0 Å². The predicted molar refractivity (Wildman–Crippen MR) is 68.5 cm³/mol. The van der Waals surface area contributed by atoms with Crippen LogP contribution in [0.3, 0.4) is 0 Å². The highest BCUT2D eigenvalue weighted by Gasteiger charge is 2.11. The lowest BCUT2D eigenvalue weighted by atomic mass is 10.0. The van der Waals surface area contributed by atoms with Crippen molar-refractivity contribution in [2.24, 2.45) is 5.92 Å². The number of ether oxygens (including phenoxy) is 1. The van der Waals surface area contributed by atoms with Gasteiger partial charge in [-0.05, 0) is 23.6 Å². The summed E-state index contributed by atoms with van der Waals surface area (Å²) in [6.45, 7) is 5.81. The molecule has 3 nitrogen and oxygen atoms in total. The minimum Gasteiger partial charge on any atom is -0.383 e. The van der Waals surface area contributed by atoms with Crippen molar-refractivity contribution in [2.45, 2.75) is 26.4 Å². The fourth-order valence-electron chi connectivity index (χ4n) is 1.67. The van der Waals surface area contributed by atoms with E-state index >= 15 is 0 Å². The molecule has 0 aliphatic heterocycles. The maximum Gasteiger partial charge on any atom is 0.0991 e. The first kappa shape index (κ1) is 13.7. The van der Waals surface area contributed by atoms with Gasteiger partial charge in [0.1, 0.15) is 0 Å². The number of rotatable bonds is 6. The lowest BCUT2D eigenvalue weighted by Gasteiger charge is -2.21. The summed E-state index contributed by atoms with van der Waals surface area (Å²) < 4.78 is 5.18. The highest BCUT2D eigenvalue weighted by molar-refractivity contribution is 5.32. The molecule has 0 aliphatic carbocycles. The molecule has 0 fully saturated rings. The van der Waals surface area contributed by atoms with Crippen molar-refractivity contribution in [1.82, 2.24) is 5.32 Å². The lowest BCUT2D eigenvalue weighted by molar-refractivity contribution is 0.146. The first-order valence-corrected chi connectivity index (χ1v) is 5.88. The Labute approximate surface area is 103 Å². The smallest absolute Gasteiger partial charge is 0.0991 e. The van der Waals surface area contributed by atoms with Crippen LogP contribution in [0.1, 0.15) is 25.0 Å². The van der Waals surface area contributed by atoms with E-state index in [0.29, 0.717) is 24.1 Å². The van der Waals surface area contributed by atoms with Gasteiger partial charge in [-0.3, -0.25) is 0 Å². The first-order chi connectivity index (χ1) is 8.17. The van der Waals surface area contributed by atoms with Crippen LogP contribution >= 0.6 is 0 Å². The predicted octanol–water partition coefficient (Wildman–Crippen LogP) is 2.32. The molecule has 0 saturated heterocycles. The molecule has 1 unspecified atom stereocenters. The summed E-state index contributed by atoms with van der Waals surface area (Å²) in [5.74, 6) is 0.522. The third kappa shape index (κ3) is 4.56. The van der Waals surface area contributed by atoms with E-state index in [-0.39, 0.29) is 0 Å². The summed E-state index contributed by atoms with van der Waals surface area (Å²) in [5, 5.41) is 12.3. The topological polar surface area (TPSA) is 45.0 Å². The summed E-state index contributed by atoms with van der Waals surface area (Å²) in [6, 6.07) is 10.2. The van der Waals surface area contributed by atoms with Crippen LogP contribution in [0.25, 0.3) is 0 Å². The van der Waals surface area contributed by atoms with E-state index in [9.17, 15) is 0 Å². The van der Waals surface area contributed by atoms with Crippen LogP contribution in [0, 0.1) is 17.2 Å². The van der Waals surface area contributed by atoms with Gasteiger partial charge in [0.2, 0.25) is 0 Å². The lowest BCUT2D eigenvalue weighted by Crippen LogP contribution is -2.37. The van der Waals surface area contributed by atoms with Gasteiger partial charge in [-0.15, -0.1) is 0 Å². The van der Waals surface area contributed by atoms with Crippen molar-refractivity contribution in [1.29, 1.82) is 5.26 Å². The van der Waals surface area contributed by atoms with Crippen molar-refractivity contribution >= 4 is 0 Å². The monoisotopic (exact) mass is 232 g/mol. The van der Waals surface area contributed by atoms with Gasteiger partial charge in [0.25, 0.3) is 0 Å². The molecule has 3 heteroatoms. The second-order valence-corrected chi connectivity index (χ2v) is 4.50. The molecule has 1 N–H and O–H groups in total. The van der Waals surface area contributed by atoms with Crippen molar-refractivity contribution in [3.8, 4) is 6.07 Å². The molecule has 0 spiro atoms. The largest absolute Gasteiger partial charge is 0.383 e. The Morgan fingerprint density at radius 1 is 1.41 bits per heavy atom. The van der Waals surface area contributed by atoms with Crippen molar-refractivity contribution in [2.75, 3.05) is 13.7 Å². The highest BCUT2D eigenvalue weighted by Crippen LogP contribution is 2.07. The average Bonchev–Trinajstić information content (AvgIpc) is 2.34. The maximum absolute atomic E-state index is 8.82. The Kier molecular flexibility index (Phi) is 5.68. The number of nitrogens with one attached hydrogen (secondary N) is 1. The van der Waals surface area contributed by atoms with E-state index in [1.807, 2.05) is 24.3 Å². The summed E-state index contributed by atoms with van der Waals surface area (Å²) in [5.41, 5.74) is 1.84. The summed E-state index contributed by atoms with van der Waals surface area (Å²) >= 11 is 0. The Hall–Kier alpha value is -1.37. The minimum absolute atomic E-state index is 0.339. The van der Waals surface area contributed by atoms with Crippen molar-refractivity contribution in [3.05, 3.63) is 35.4 Å². The molecule has 1 aromatic carbocycles. The van der Waals surface area contributed by atoms with Crippen molar-refractivity contribution < 1.29 is 4.74 Å². The zero-order valence-electron chi connectivity index (χ0n) is 10.7. The molecule has 1 rings (SSSR count). The van der Waals surface area contributed by atoms with Gasteiger partial charge in [0, 0.05) is 19.7 Å². The highest BCUT2D eigenvalue weighted by atomic mass is 16.5. The molecule has 0 amide bonds. The fourth-order valence-corrected chi connectivity index (χ4v) is 1.67. The van der Waals surface area contributed by atoms with E-state index < -0.39 is 0 Å². The van der Waals surface area contributed by atoms with Gasteiger partial charge in [0.15, 0.2) is 0 Å². The molecule has 0 bridgehead atoms. The number of benzene rings is 1. The molecule has 0 saturated carbocycles. The zero-order valence-corrected chi connectivity index (χ0v) is 10.7. The number of hydrogen-bond acceptors (Lipinski definition) is 3. The molecule has 17 heavy (non-hydrogen) atoms. The third-order valence-corrected chi connectivity index (χ3v) is 2.78. The second-order valence-electron chi connectivity index (χ2n) is 4.50. The van der Waals surface area contributed by atoms with Crippen LogP contribution < -0.4 is 5.32 Å². The second kappa shape index (κ2) is 7.05. The molecular weight excluding hydrogens is 212 g/mol. The number of methoxy groups -OCH3 is 1. The van der Waals surface area contributed by atoms with Crippen LogP contribution in [-0.2, 0) is 11.3 Å². The molecule has 0 aromatic heterocycles. The maximum atomic E-state index is 8.82. The van der Waals surface area contributed by atoms with Crippen LogP contribution in [-0.4, -0.2) is 19.8 Å². The van der Waals surface area contributed by atoms with Gasteiger partial charge in [0.05, 0.1) is 18.2 Å². The van der Waals surface area contributed by atoms with Gasteiger partial charge in [-0.2, -0.15) is 5.26 Å². The number of hydrogen-bond donors (Lipinski definition) is 1. The SMILES string of the molecule is COCC(NCc1cccc(C#N)c1)C(C)C. The minimum atomic E-state index is 0.339. The Balaban J connectivity index is 2.56.